The second-order valence-corrected chi connectivity index (χ2v) is 5.73. The van der Waals surface area contributed by atoms with E-state index in [1.165, 1.54) is 17.2 Å². The molecule has 1 unspecified atom stereocenters. The molecule has 2 aromatic rings. The highest BCUT2D eigenvalue weighted by molar-refractivity contribution is 5.49. The lowest BCUT2D eigenvalue weighted by Crippen LogP contribution is -2.27. The SMILES string of the molecule is FC(F)(F)c1ccc(OC2CCN(c3ncccc3C(F)(F)F)C2)nc1. The fourth-order valence-corrected chi connectivity index (χ4v) is 2.68. The fraction of sp³-hybridized carbons (Fsp3) is 0.375. The number of rotatable bonds is 3. The summed E-state index contributed by atoms with van der Waals surface area (Å²) in [6.45, 7) is 0.411. The molecule has 1 fully saturated rings. The molecule has 2 aromatic heterocycles. The third kappa shape index (κ3) is 4.00. The van der Waals surface area contributed by atoms with Gasteiger partial charge in [-0.15, -0.1) is 0 Å². The predicted molar refractivity (Wildman–Crippen MR) is 79.7 cm³/mol. The Morgan fingerprint density at radius 1 is 1.00 bits per heavy atom. The number of pyridine rings is 2. The number of hydrogen-bond donors (Lipinski definition) is 0. The van der Waals surface area contributed by atoms with Crippen LogP contribution in [0.1, 0.15) is 17.5 Å². The average Bonchev–Trinajstić information content (AvgIpc) is 3.02. The second kappa shape index (κ2) is 6.65. The summed E-state index contributed by atoms with van der Waals surface area (Å²) in [4.78, 5) is 8.87. The zero-order valence-corrected chi connectivity index (χ0v) is 13.2. The van der Waals surface area contributed by atoms with Gasteiger partial charge in [0, 0.05) is 31.4 Å². The number of alkyl halides is 6. The van der Waals surface area contributed by atoms with Crippen molar-refractivity contribution in [1.29, 1.82) is 0 Å². The zero-order valence-electron chi connectivity index (χ0n) is 13.2. The highest BCUT2D eigenvalue weighted by Gasteiger charge is 2.37. The Kier molecular flexibility index (Phi) is 4.68. The summed E-state index contributed by atoms with van der Waals surface area (Å²) in [7, 11) is 0. The summed E-state index contributed by atoms with van der Waals surface area (Å²) in [6.07, 6.45) is -7.20. The predicted octanol–water partition coefficient (Wildman–Crippen LogP) is 4.17. The van der Waals surface area contributed by atoms with Gasteiger partial charge >= 0.3 is 12.4 Å². The van der Waals surface area contributed by atoms with E-state index in [4.69, 9.17) is 4.74 Å². The third-order valence-corrected chi connectivity index (χ3v) is 3.89. The molecule has 140 valence electrons. The Balaban J connectivity index is 1.68. The van der Waals surface area contributed by atoms with Gasteiger partial charge in [0.05, 0.1) is 17.7 Å². The summed E-state index contributed by atoms with van der Waals surface area (Å²) in [5.74, 6) is -0.201. The normalized spacial score (nSPS) is 18.2. The Labute approximate surface area is 144 Å². The quantitative estimate of drug-likeness (QED) is 0.753. The van der Waals surface area contributed by atoms with Gasteiger partial charge in [0.15, 0.2) is 0 Å². The molecule has 1 atom stereocenters. The summed E-state index contributed by atoms with van der Waals surface area (Å²) < 4.78 is 82.3. The van der Waals surface area contributed by atoms with E-state index in [2.05, 4.69) is 9.97 Å². The van der Waals surface area contributed by atoms with Gasteiger partial charge in [-0.25, -0.2) is 9.97 Å². The molecule has 1 saturated heterocycles. The van der Waals surface area contributed by atoms with Crippen LogP contribution in [0, 0.1) is 0 Å². The first-order chi connectivity index (χ1) is 12.1. The first-order valence-electron chi connectivity index (χ1n) is 7.61. The maximum Gasteiger partial charge on any atom is 0.419 e. The lowest BCUT2D eigenvalue weighted by atomic mass is 10.2. The molecule has 0 N–H and O–H groups in total. The molecule has 0 amide bonds. The molecule has 3 heterocycles. The number of anilines is 1. The van der Waals surface area contributed by atoms with Crippen LogP contribution in [0.3, 0.4) is 0 Å². The molecule has 26 heavy (non-hydrogen) atoms. The van der Waals surface area contributed by atoms with Crippen molar-refractivity contribution in [1.82, 2.24) is 9.97 Å². The molecule has 3 rings (SSSR count). The number of halogens is 6. The van der Waals surface area contributed by atoms with Crippen molar-refractivity contribution in [3.63, 3.8) is 0 Å². The van der Waals surface area contributed by atoms with E-state index in [-0.39, 0.29) is 24.8 Å². The van der Waals surface area contributed by atoms with Crippen LogP contribution in [-0.4, -0.2) is 29.2 Å². The lowest BCUT2D eigenvalue weighted by molar-refractivity contribution is -0.138. The van der Waals surface area contributed by atoms with Gasteiger partial charge in [-0.2, -0.15) is 26.3 Å². The van der Waals surface area contributed by atoms with Crippen LogP contribution >= 0.6 is 0 Å². The topological polar surface area (TPSA) is 38.2 Å². The maximum absolute atomic E-state index is 13.1. The van der Waals surface area contributed by atoms with E-state index >= 15 is 0 Å². The first kappa shape index (κ1) is 18.3. The van der Waals surface area contributed by atoms with E-state index in [0.29, 0.717) is 12.6 Å². The van der Waals surface area contributed by atoms with Gasteiger partial charge < -0.3 is 9.64 Å². The summed E-state index contributed by atoms with van der Waals surface area (Å²) >= 11 is 0. The van der Waals surface area contributed by atoms with Gasteiger partial charge in [0.1, 0.15) is 11.9 Å². The Morgan fingerprint density at radius 3 is 2.38 bits per heavy atom. The zero-order chi connectivity index (χ0) is 18.9. The molecule has 0 aromatic carbocycles. The summed E-state index contributed by atoms with van der Waals surface area (Å²) in [6, 6.07) is 4.10. The van der Waals surface area contributed by atoms with Gasteiger partial charge in [0.2, 0.25) is 5.88 Å². The number of hydrogen-bond acceptors (Lipinski definition) is 4. The standard InChI is InChI=1S/C16H13F6N3O/c17-15(18,19)10-3-4-13(24-8-10)26-11-5-7-25(9-11)14-12(16(20,21)22)2-1-6-23-14/h1-4,6,8,11H,5,7,9H2. The van der Waals surface area contributed by atoms with Crippen LogP contribution in [0.25, 0.3) is 0 Å². The smallest absolute Gasteiger partial charge is 0.419 e. The second-order valence-electron chi connectivity index (χ2n) is 5.73. The molecular weight excluding hydrogens is 364 g/mol. The van der Waals surface area contributed by atoms with Crippen LogP contribution in [0.5, 0.6) is 5.88 Å². The van der Waals surface area contributed by atoms with Crippen molar-refractivity contribution in [2.75, 3.05) is 18.0 Å². The van der Waals surface area contributed by atoms with Crippen LogP contribution < -0.4 is 9.64 Å². The highest BCUT2D eigenvalue weighted by Crippen LogP contribution is 2.36. The number of aromatic nitrogens is 2. The molecule has 0 bridgehead atoms. The van der Waals surface area contributed by atoms with Crippen molar-refractivity contribution in [2.24, 2.45) is 0 Å². The minimum absolute atomic E-state index is 0.0121. The molecule has 10 heteroatoms. The first-order valence-corrected chi connectivity index (χ1v) is 7.61. The molecule has 0 spiro atoms. The Morgan fingerprint density at radius 2 is 1.77 bits per heavy atom. The molecule has 1 aliphatic heterocycles. The summed E-state index contributed by atoms with van der Waals surface area (Å²) in [5.41, 5.74) is -1.74. The third-order valence-electron chi connectivity index (χ3n) is 3.89. The van der Waals surface area contributed by atoms with E-state index in [9.17, 15) is 26.3 Å². The van der Waals surface area contributed by atoms with Gasteiger partial charge in [-0.3, -0.25) is 0 Å². The molecular formula is C16H13F6N3O. The molecule has 0 saturated carbocycles. The summed E-state index contributed by atoms with van der Waals surface area (Å²) in [5, 5.41) is 0. The van der Waals surface area contributed by atoms with Crippen molar-refractivity contribution in [3.05, 3.63) is 47.8 Å². The average molecular weight is 377 g/mol. The van der Waals surface area contributed by atoms with E-state index < -0.39 is 29.6 Å². The van der Waals surface area contributed by atoms with Crippen molar-refractivity contribution in [3.8, 4) is 5.88 Å². The van der Waals surface area contributed by atoms with Gasteiger partial charge in [-0.1, -0.05) is 0 Å². The van der Waals surface area contributed by atoms with Crippen molar-refractivity contribution in [2.45, 2.75) is 24.9 Å². The molecule has 0 aliphatic carbocycles. The number of nitrogens with zero attached hydrogens (tertiary/aromatic N) is 3. The Hall–Kier alpha value is -2.52. The van der Waals surface area contributed by atoms with Gasteiger partial charge in [-0.05, 0) is 18.2 Å². The highest BCUT2D eigenvalue weighted by atomic mass is 19.4. The van der Waals surface area contributed by atoms with Crippen molar-refractivity contribution < 1.29 is 31.1 Å². The van der Waals surface area contributed by atoms with Gasteiger partial charge in [0.25, 0.3) is 0 Å². The molecule has 4 nitrogen and oxygen atoms in total. The van der Waals surface area contributed by atoms with Crippen molar-refractivity contribution >= 4 is 5.82 Å². The minimum Gasteiger partial charge on any atom is -0.472 e. The molecule has 1 aliphatic rings. The monoisotopic (exact) mass is 377 g/mol. The largest absolute Gasteiger partial charge is 0.472 e. The van der Waals surface area contributed by atoms with Crippen LogP contribution in [0.15, 0.2) is 36.7 Å². The van der Waals surface area contributed by atoms with E-state index in [1.807, 2.05) is 0 Å². The fourth-order valence-electron chi connectivity index (χ4n) is 2.68. The van der Waals surface area contributed by atoms with E-state index in [0.717, 1.165) is 18.2 Å². The van der Waals surface area contributed by atoms with E-state index in [1.54, 1.807) is 0 Å². The number of ether oxygens (including phenoxy) is 1. The lowest BCUT2D eigenvalue weighted by Gasteiger charge is -2.21. The van der Waals surface area contributed by atoms with Crippen LogP contribution in [0.4, 0.5) is 32.2 Å². The molecule has 0 radical (unpaired) electrons. The maximum atomic E-state index is 13.1. The van der Waals surface area contributed by atoms with Crippen LogP contribution in [-0.2, 0) is 12.4 Å². The Bertz CT molecular complexity index is 760. The van der Waals surface area contributed by atoms with Crippen LogP contribution in [0.2, 0.25) is 0 Å². The minimum atomic E-state index is -4.53.